The molecule has 0 bridgehead atoms. The van der Waals surface area contributed by atoms with Gasteiger partial charge in [0.05, 0.1) is 16.4 Å². The second-order valence-electron chi connectivity index (χ2n) is 7.25. The molecule has 1 aliphatic rings. The molecule has 0 spiro atoms. The molecule has 9 heteroatoms. The highest BCUT2D eigenvalue weighted by Crippen LogP contribution is 2.45. The molecule has 160 valence electrons. The molecule has 0 saturated heterocycles. The van der Waals surface area contributed by atoms with E-state index in [0.29, 0.717) is 16.3 Å². The second-order valence-corrected chi connectivity index (χ2v) is 8.06. The van der Waals surface area contributed by atoms with Crippen LogP contribution in [0.25, 0.3) is 0 Å². The van der Waals surface area contributed by atoms with Crippen molar-refractivity contribution in [3.05, 3.63) is 81.1 Å². The third kappa shape index (κ3) is 4.62. The summed E-state index contributed by atoms with van der Waals surface area (Å²) in [6, 6.07) is 13.1. The van der Waals surface area contributed by atoms with Gasteiger partial charge in [0.1, 0.15) is 12.2 Å². The minimum absolute atomic E-state index is 0.0195. The number of ketones is 1. The fourth-order valence-electron chi connectivity index (χ4n) is 3.36. The van der Waals surface area contributed by atoms with Crippen LogP contribution in [0.15, 0.2) is 48.5 Å². The Kier molecular flexibility index (Phi) is 6.07. The summed E-state index contributed by atoms with van der Waals surface area (Å²) in [7, 11) is 0. The second kappa shape index (κ2) is 8.77. The molecule has 1 aromatic heterocycles. The highest BCUT2D eigenvalue weighted by atomic mass is 35.5. The van der Waals surface area contributed by atoms with Crippen molar-refractivity contribution in [2.75, 3.05) is 5.32 Å². The zero-order valence-corrected chi connectivity index (χ0v) is 17.6. The number of aromatic nitrogens is 2. The fourth-order valence-corrected chi connectivity index (χ4v) is 3.91. The van der Waals surface area contributed by atoms with Gasteiger partial charge in [0.25, 0.3) is 6.43 Å². The Morgan fingerprint density at radius 3 is 2.48 bits per heavy atom. The van der Waals surface area contributed by atoms with Crippen molar-refractivity contribution in [1.82, 2.24) is 9.78 Å². The van der Waals surface area contributed by atoms with Gasteiger partial charge in [0.15, 0.2) is 5.78 Å². The normalized spacial score (nSPS) is 13.5. The summed E-state index contributed by atoms with van der Waals surface area (Å²) in [4.78, 5) is 25.6. The zero-order valence-electron chi connectivity index (χ0n) is 16.1. The Labute approximate surface area is 187 Å². The number of alkyl halides is 2. The minimum atomic E-state index is -2.83. The van der Waals surface area contributed by atoms with Crippen LogP contribution in [0.4, 0.5) is 14.5 Å². The highest BCUT2D eigenvalue weighted by molar-refractivity contribution is 6.32. The van der Waals surface area contributed by atoms with Crippen molar-refractivity contribution in [1.29, 1.82) is 0 Å². The maximum absolute atomic E-state index is 13.2. The topological polar surface area (TPSA) is 64.0 Å². The number of hydrogen-bond acceptors (Lipinski definition) is 3. The Hall–Kier alpha value is -2.77. The van der Waals surface area contributed by atoms with Crippen LogP contribution in [-0.4, -0.2) is 21.5 Å². The Morgan fingerprint density at radius 2 is 1.84 bits per heavy atom. The molecule has 1 fully saturated rings. The quantitative estimate of drug-likeness (QED) is 0.445. The van der Waals surface area contributed by atoms with Crippen molar-refractivity contribution in [3.63, 3.8) is 0 Å². The molecule has 1 heterocycles. The van der Waals surface area contributed by atoms with Crippen LogP contribution >= 0.6 is 23.2 Å². The van der Waals surface area contributed by atoms with Gasteiger partial charge in [-0.1, -0.05) is 53.5 Å². The molecule has 5 nitrogen and oxygen atoms in total. The van der Waals surface area contributed by atoms with E-state index in [1.54, 1.807) is 36.4 Å². The third-order valence-corrected chi connectivity index (χ3v) is 5.58. The maximum Gasteiger partial charge on any atom is 0.283 e. The molecule has 31 heavy (non-hydrogen) atoms. The minimum Gasteiger partial charge on any atom is -0.324 e. The van der Waals surface area contributed by atoms with E-state index in [0.717, 1.165) is 12.8 Å². The molecular weight excluding hydrogens is 447 g/mol. The first-order valence-corrected chi connectivity index (χ1v) is 10.3. The summed E-state index contributed by atoms with van der Waals surface area (Å²) in [5.74, 6) is -0.809. The third-order valence-electron chi connectivity index (χ3n) is 4.96. The first-order chi connectivity index (χ1) is 14.8. The number of halogens is 4. The van der Waals surface area contributed by atoms with Crippen LogP contribution in [0.2, 0.25) is 10.0 Å². The van der Waals surface area contributed by atoms with Crippen LogP contribution in [0.5, 0.6) is 0 Å². The number of rotatable bonds is 7. The van der Waals surface area contributed by atoms with E-state index in [1.165, 1.54) is 16.8 Å². The molecule has 1 saturated carbocycles. The monoisotopic (exact) mass is 463 g/mol. The highest BCUT2D eigenvalue weighted by Gasteiger charge is 2.34. The Morgan fingerprint density at radius 1 is 1.13 bits per heavy atom. The summed E-state index contributed by atoms with van der Waals surface area (Å²) in [6.45, 7) is -0.306. The van der Waals surface area contributed by atoms with Crippen LogP contribution < -0.4 is 5.32 Å². The van der Waals surface area contributed by atoms with E-state index >= 15 is 0 Å². The molecule has 0 unspecified atom stereocenters. The lowest BCUT2D eigenvalue weighted by Crippen LogP contribution is -2.22. The molecule has 0 atom stereocenters. The van der Waals surface area contributed by atoms with E-state index in [9.17, 15) is 18.4 Å². The molecule has 0 aliphatic heterocycles. The predicted octanol–water partition coefficient (Wildman–Crippen LogP) is 5.87. The average Bonchev–Trinajstić information content (AvgIpc) is 3.52. The summed E-state index contributed by atoms with van der Waals surface area (Å²) >= 11 is 12.2. The number of amides is 1. The molecule has 3 aromatic rings. The first-order valence-electron chi connectivity index (χ1n) is 9.58. The molecule has 1 N–H and O–H groups in total. The van der Waals surface area contributed by atoms with Crippen molar-refractivity contribution in [2.24, 2.45) is 0 Å². The van der Waals surface area contributed by atoms with Crippen LogP contribution in [-0.2, 0) is 11.3 Å². The van der Waals surface area contributed by atoms with Crippen LogP contribution in [0, 0.1) is 0 Å². The smallest absolute Gasteiger partial charge is 0.283 e. The molecule has 0 radical (unpaired) electrons. The average molecular weight is 464 g/mol. The lowest BCUT2D eigenvalue weighted by Gasteiger charge is -2.12. The zero-order chi connectivity index (χ0) is 22.1. The Bertz CT molecular complexity index is 1150. The van der Waals surface area contributed by atoms with Crippen molar-refractivity contribution >= 4 is 40.6 Å². The lowest BCUT2D eigenvalue weighted by molar-refractivity contribution is -0.117. The lowest BCUT2D eigenvalue weighted by atomic mass is 10.0. The summed E-state index contributed by atoms with van der Waals surface area (Å²) in [5, 5.41) is 6.78. The van der Waals surface area contributed by atoms with E-state index in [-0.39, 0.29) is 34.5 Å². The largest absolute Gasteiger partial charge is 0.324 e. The molecule has 1 amide bonds. The summed E-state index contributed by atoms with van der Waals surface area (Å²) in [6.07, 6.45) is -1.22. The molecule has 4 rings (SSSR count). The summed E-state index contributed by atoms with van der Waals surface area (Å²) < 4.78 is 27.7. The number of benzene rings is 2. The van der Waals surface area contributed by atoms with Gasteiger partial charge in [-0.25, -0.2) is 8.78 Å². The SMILES string of the molecule is O=C(Cn1nc(C(F)F)c(Cl)c1C1CC1)Nc1ccc(Cl)cc1C(=O)c1ccccc1. The number of carbonyl (C=O) groups excluding carboxylic acids is 2. The van der Waals surface area contributed by atoms with Crippen molar-refractivity contribution < 1.29 is 18.4 Å². The molecule has 2 aromatic carbocycles. The van der Waals surface area contributed by atoms with Crippen molar-refractivity contribution in [2.45, 2.75) is 31.7 Å². The van der Waals surface area contributed by atoms with E-state index in [2.05, 4.69) is 10.4 Å². The summed E-state index contributed by atoms with van der Waals surface area (Å²) in [5.41, 5.74) is 0.855. The number of anilines is 1. The molecule has 1 aliphatic carbocycles. The maximum atomic E-state index is 13.2. The van der Waals surface area contributed by atoms with Gasteiger partial charge in [-0.2, -0.15) is 5.10 Å². The van der Waals surface area contributed by atoms with E-state index in [4.69, 9.17) is 23.2 Å². The van der Waals surface area contributed by atoms with Crippen LogP contribution in [0.1, 0.15) is 52.5 Å². The van der Waals surface area contributed by atoms with Gasteiger partial charge in [0.2, 0.25) is 5.91 Å². The number of hydrogen-bond donors (Lipinski definition) is 1. The van der Waals surface area contributed by atoms with Gasteiger partial charge in [-0.3, -0.25) is 14.3 Å². The van der Waals surface area contributed by atoms with Gasteiger partial charge in [-0.05, 0) is 31.0 Å². The van der Waals surface area contributed by atoms with Gasteiger partial charge in [-0.15, -0.1) is 0 Å². The number of nitrogens with zero attached hydrogens (tertiary/aromatic N) is 2. The predicted molar refractivity (Wildman–Crippen MR) is 114 cm³/mol. The van der Waals surface area contributed by atoms with Gasteiger partial charge < -0.3 is 5.32 Å². The fraction of sp³-hybridized carbons (Fsp3) is 0.227. The van der Waals surface area contributed by atoms with E-state index < -0.39 is 18.0 Å². The van der Waals surface area contributed by atoms with Crippen LogP contribution in [0.3, 0.4) is 0 Å². The van der Waals surface area contributed by atoms with Gasteiger partial charge in [0, 0.05) is 22.1 Å². The standard InChI is InChI=1S/C22H17Cl2F2N3O2/c23-14-8-9-16(15(10-14)21(31)13-4-2-1-3-5-13)27-17(30)11-29-20(12-6-7-12)18(24)19(28-29)22(25)26/h1-5,8-10,12,22H,6-7,11H2,(H,27,30). The van der Waals surface area contributed by atoms with E-state index in [1.807, 2.05) is 0 Å². The molecular formula is C22H17Cl2F2N3O2. The number of nitrogens with one attached hydrogen (secondary N) is 1. The Balaban J connectivity index is 1.59. The van der Waals surface area contributed by atoms with Gasteiger partial charge >= 0.3 is 0 Å². The van der Waals surface area contributed by atoms with Crippen molar-refractivity contribution in [3.8, 4) is 0 Å². The first kappa shape index (κ1) is 21.5. The number of carbonyl (C=O) groups is 2.